The van der Waals surface area contributed by atoms with Gasteiger partial charge in [-0.2, -0.15) is 0 Å². The molecular formula is C21H18FN3O3S. The Balaban J connectivity index is 1.50. The van der Waals surface area contributed by atoms with Gasteiger partial charge in [0.15, 0.2) is 0 Å². The highest BCUT2D eigenvalue weighted by molar-refractivity contribution is 7.13. The van der Waals surface area contributed by atoms with E-state index in [2.05, 4.69) is 15.8 Å². The first kappa shape index (κ1) is 20.2. The van der Waals surface area contributed by atoms with Crippen molar-refractivity contribution in [2.45, 2.75) is 6.42 Å². The van der Waals surface area contributed by atoms with Crippen molar-refractivity contribution in [3.63, 3.8) is 0 Å². The van der Waals surface area contributed by atoms with Crippen LogP contribution >= 0.6 is 11.3 Å². The second-order valence-corrected chi connectivity index (χ2v) is 6.80. The minimum atomic E-state index is -0.477. The minimum absolute atomic E-state index is 0.00813. The molecule has 0 fully saturated rings. The van der Waals surface area contributed by atoms with E-state index in [0.29, 0.717) is 16.5 Å². The fraction of sp³-hybridized carbons (Fsp3) is 0.0952. The number of hydrogen-bond donors (Lipinski definition) is 2. The Labute approximate surface area is 171 Å². The van der Waals surface area contributed by atoms with E-state index in [-0.39, 0.29) is 12.2 Å². The standard InChI is InChI=1S/C21H18FN3O3S/c1-28-18-5-3-2-4-14(18)8-11-19(26)24-25-20(27)12-17-13-29-21(23-17)15-6-9-16(22)10-7-15/h2-11,13H,12H2,1H3,(H,24,26)(H,25,27)/b11-8+. The summed E-state index contributed by atoms with van der Waals surface area (Å²) < 4.78 is 18.2. The maximum atomic E-state index is 13.0. The van der Waals surface area contributed by atoms with Gasteiger partial charge in [0.25, 0.3) is 5.91 Å². The molecule has 0 unspecified atom stereocenters. The number of nitrogens with one attached hydrogen (secondary N) is 2. The van der Waals surface area contributed by atoms with Crippen LogP contribution in [0.3, 0.4) is 0 Å². The number of nitrogens with zero attached hydrogens (tertiary/aromatic N) is 1. The molecule has 0 aliphatic rings. The Bertz CT molecular complexity index is 1030. The number of carbonyl (C=O) groups excluding carboxylic acids is 2. The lowest BCUT2D eigenvalue weighted by Crippen LogP contribution is -2.41. The zero-order chi connectivity index (χ0) is 20.6. The van der Waals surface area contributed by atoms with Crippen molar-refractivity contribution in [1.29, 1.82) is 0 Å². The highest BCUT2D eigenvalue weighted by Crippen LogP contribution is 2.24. The van der Waals surface area contributed by atoms with Gasteiger partial charge in [0.1, 0.15) is 16.6 Å². The number of methoxy groups -OCH3 is 1. The molecule has 0 bridgehead atoms. The third kappa shape index (κ3) is 5.73. The second kappa shape index (κ2) is 9.61. The Morgan fingerprint density at radius 3 is 2.66 bits per heavy atom. The Kier molecular flexibility index (Phi) is 6.70. The highest BCUT2D eigenvalue weighted by Gasteiger charge is 2.10. The van der Waals surface area contributed by atoms with Gasteiger partial charge in [0.2, 0.25) is 5.91 Å². The van der Waals surface area contributed by atoms with Crippen LogP contribution in [-0.2, 0) is 16.0 Å². The van der Waals surface area contributed by atoms with Gasteiger partial charge < -0.3 is 4.74 Å². The predicted molar refractivity (Wildman–Crippen MR) is 110 cm³/mol. The van der Waals surface area contributed by atoms with E-state index in [0.717, 1.165) is 11.1 Å². The van der Waals surface area contributed by atoms with Gasteiger partial charge in [-0.15, -0.1) is 11.3 Å². The number of hydrazine groups is 1. The number of amides is 2. The molecule has 2 N–H and O–H groups in total. The molecule has 1 heterocycles. The molecule has 8 heteroatoms. The van der Waals surface area contributed by atoms with Gasteiger partial charge in [-0.3, -0.25) is 20.4 Å². The summed E-state index contributed by atoms with van der Waals surface area (Å²) in [6.45, 7) is 0. The molecular weight excluding hydrogens is 393 g/mol. The summed E-state index contributed by atoms with van der Waals surface area (Å²) in [5, 5.41) is 2.44. The molecule has 0 saturated heterocycles. The van der Waals surface area contributed by atoms with E-state index < -0.39 is 11.8 Å². The van der Waals surface area contributed by atoms with Gasteiger partial charge >= 0.3 is 0 Å². The van der Waals surface area contributed by atoms with E-state index in [4.69, 9.17) is 4.74 Å². The molecule has 3 rings (SSSR count). The van der Waals surface area contributed by atoms with Gasteiger partial charge in [-0.25, -0.2) is 9.37 Å². The molecule has 0 atom stereocenters. The van der Waals surface area contributed by atoms with Gasteiger partial charge in [0, 0.05) is 22.6 Å². The summed E-state index contributed by atoms with van der Waals surface area (Å²) >= 11 is 1.36. The van der Waals surface area contributed by atoms with Gasteiger partial charge in [0.05, 0.1) is 19.2 Å². The molecule has 29 heavy (non-hydrogen) atoms. The van der Waals surface area contributed by atoms with Gasteiger partial charge in [-0.1, -0.05) is 18.2 Å². The average Bonchev–Trinajstić information content (AvgIpc) is 3.19. The lowest BCUT2D eigenvalue weighted by Gasteiger charge is -2.05. The molecule has 0 spiro atoms. The van der Waals surface area contributed by atoms with Crippen LogP contribution in [-0.4, -0.2) is 23.9 Å². The van der Waals surface area contributed by atoms with Crippen LogP contribution in [0, 0.1) is 5.82 Å². The van der Waals surface area contributed by atoms with Crippen molar-refractivity contribution in [3.05, 3.63) is 77.1 Å². The van der Waals surface area contributed by atoms with Crippen molar-refractivity contribution in [3.8, 4) is 16.3 Å². The van der Waals surface area contributed by atoms with E-state index in [1.807, 2.05) is 18.2 Å². The molecule has 3 aromatic rings. The molecule has 0 saturated carbocycles. The maximum Gasteiger partial charge on any atom is 0.262 e. The first-order chi connectivity index (χ1) is 14.0. The number of ether oxygens (including phenoxy) is 1. The lowest BCUT2D eigenvalue weighted by atomic mass is 10.2. The number of hydrogen-bond acceptors (Lipinski definition) is 5. The van der Waals surface area contributed by atoms with Crippen molar-refractivity contribution in [2.24, 2.45) is 0 Å². The number of benzene rings is 2. The van der Waals surface area contributed by atoms with Crippen molar-refractivity contribution >= 4 is 29.2 Å². The second-order valence-electron chi connectivity index (χ2n) is 5.94. The molecule has 2 amide bonds. The van der Waals surface area contributed by atoms with E-state index in [9.17, 15) is 14.0 Å². The Morgan fingerprint density at radius 2 is 1.90 bits per heavy atom. The number of thiazole rings is 1. The summed E-state index contributed by atoms with van der Waals surface area (Å²) in [6.07, 6.45) is 2.90. The number of carbonyl (C=O) groups is 2. The monoisotopic (exact) mass is 411 g/mol. The first-order valence-electron chi connectivity index (χ1n) is 8.65. The summed E-state index contributed by atoms with van der Waals surface area (Å²) in [5.74, 6) is -0.559. The molecule has 2 aromatic carbocycles. The molecule has 148 valence electrons. The van der Waals surface area contributed by atoms with Crippen LogP contribution in [0.1, 0.15) is 11.3 Å². The van der Waals surface area contributed by atoms with Crippen molar-refractivity contribution in [1.82, 2.24) is 15.8 Å². The largest absolute Gasteiger partial charge is 0.496 e. The number of aromatic nitrogens is 1. The Morgan fingerprint density at radius 1 is 1.14 bits per heavy atom. The van der Waals surface area contributed by atoms with Gasteiger partial charge in [-0.05, 0) is 36.4 Å². The summed E-state index contributed by atoms with van der Waals surface area (Å²) in [6, 6.07) is 13.2. The smallest absolute Gasteiger partial charge is 0.262 e. The van der Waals surface area contributed by atoms with Crippen LogP contribution in [0.15, 0.2) is 60.0 Å². The number of para-hydroxylation sites is 1. The normalized spacial score (nSPS) is 10.7. The zero-order valence-corrected chi connectivity index (χ0v) is 16.3. The summed E-state index contributed by atoms with van der Waals surface area (Å²) in [7, 11) is 1.55. The Hall–Kier alpha value is -3.52. The van der Waals surface area contributed by atoms with E-state index >= 15 is 0 Å². The molecule has 0 aliphatic carbocycles. The minimum Gasteiger partial charge on any atom is -0.496 e. The quantitative estimate of drug-likeness (QED) is 0.482. The van der Waals surface area contributed by atoms with Crippen LogP contribution in [0.4, 0.5) is 4.39 Å². The van der Waals surface area contributed by atoms with Crippen molar-refractivity contribution < 1.29 is 18.7 Å². The summed E-state index contributed by atoms with van der Waals surface area (Å²) in [4.78, 5) is 28.3. The highest BCUT2D eigenvalue weighted by atomic mass is 32.1. The van der Waals surface area contributed by atoms with Crippen LogP contribution in [0.2, 0.25) is 0 Å². The maximum absolute atomic E-state index is 13.0. The molecule has 0 aliphatic heterocycles. The van der Waals surface area contributed by atoms with E-state index in [1.54, 1.807) is 36.8 Å². The number of rotatable bonds is 6. The summed E-state index contributed by atoms with van der Waals surface area (Å²) in [5.41, 5.74) is 6.75. The average molecular weight is 411 g/mol. The first-order valence-corrected chi connectivity index (χ1v) is 9.53. The van der Waals surface area contributed by atoms with Crippen LogP contribution in [0.25, 0.3) is 16.6 Å². The molecule has 0 radical (unpaired) electrons. The topological polar surface area (TPSA) is 80.3 Å². The predicted octanol–water partition coefficient (Wildman–Crippen LogP) is 3.36. The van der Waals surface area contributed by atoms with E-state index in [1.165, 1.54) is 29.5 Å². The fourth-order valence-corrected chi connectivity index (χ4v) is 3.29. The van der Waals surface area contributed by atoms with Crippen molar-refractivity contribution in [2.75, 3.05) is 7.11 Å². The number of halogens is 1. The molecule has 6 nitrogen and oxygen atoms in total. The third-order valence-electron chi connectivity index (χ3n) is 3.86. The fourth-order valence-electron chi connectivity index (χ4n) is 2.46. The zero-order valence-electron chi connectivity index (χ0n) is 15.5. The third-order valence-corrected chi connectivity index (χ3v) is 4.80. The van der Waals surface area contributed by atoms with Crippen LogP contribution in [0.5, 0.6) is 5.75 Å². The van der Waals surface area contributed by atoms with Crippen LogP contribution < -0.4 is 15.6 Å². The SMILES string of the molecule is COc1ccccc1/C=C/C(=O)NNC(=O)Cc1csc(-c2ccc(F)cc2)n1. The lowest BCUT2D eigenvalue weighted by molar-refractivity contribution is -0.126. The molecule has 1 aromatic heterocycles.